The molecule has 0 fully saturated rings. The molecule has 0 aliphatic heterocycles. The van der Waals surface area contributed by atoms with Gasteiger partial charge in [-0.05, 0) is 30.5 Å². The number of nitrogens with one attached hydrogen (secondary N) is 1. The monoisotopic (exact) mass is 444 g/mol. The first-order chi connectivity index (χ1) is 14.9. The van der Waals surface area contributed by atoms with Gasteiger partial charge < -0.3 is 0 Å². The first-order valence-corrected chi connectivity index (χ1v) is 10.6. The van der Waals surface area contributed by atoms with Crippen molar-refractivity contribution in [1.82, 2.24) is 14.8 Å². The highest BCUT2D eigenvalue weighted by molar-refractivity contribution is 7.20. The number of hydrogen-bond donors (Lipinski definition) is 1. The van der Waals surface area contributed by atoms with E-state index in [2.05, 4.69) is 15.1 Å². The Labute approximate surface area is 179 Å². The van der Waals surface area contributed by atoms with Crippen LogP contribution in [-0.4, -0.2) is 27.0 Å². The lowest BCUT2D eigenvalue weighted by atomic mass is 10.1. The van der Waals surface area contributed by atoms with Gasteiger partial charge in [0.15, 0.2) is 5.69 Å². The molecule has 0 saturated carbocycles. The minimum atomic E-state index is -4.73. The Morgan fingerprint density at radius 2 is 1.84 bits per heavy atom. The van der Waals surface area contributed by atoms with Crippen molar-refractivity contribution < 1.29 is 13.2 Å². The van der Waals surface area contributed by atoms with Gasteiger partial charge in [0.25, 0.3) is 5.56 Å². The van der Waals surface area contributed by atoms with E-state index in [1.807, 2.05) is 36.4 Å². The number of hydrogen-bond acceptors (Lipinski definition) is 4. The van der Waals surface area contributed by atoms with E-state index in [4.69, 9.17) is 0 Å². The molecule has 160 valence electrons. The Hall–Kier alpha value is -3.20. The number of nitrogens with zero attached hydrogens (tertiary/aromatic N) is 3. The van der Waals surface area contributed by atoms with E-state index in [9.17, 15) is 18.0 Å². The van der Waals surface area contributed by atoms with Crippen molar-refractivity contribution in [2.24, 2.45) is 4.99 Å². The largest absolute Gasteiger partial charge is 0.433 e. The van der Waals surface area contributed by atoms with E-state index >= 15 is 0 Å². The topological polar surface area (TPSA) is 63.0 Å². The minimum Gasteiger partial charge on any atom is -0.289 e. The van der Waals surface area contributed by atoms with Crippen LogP contribution in [0, 0.1) is 0 Å². The van der Waals surface area contributed by atoms with E-state index in [1.165, 1.54) is 0 Å². The summed E-state index contributed by atoms with van der Waals surface area (Å²) in [5.74, 6) is 0. The molecule has 2 heterocycles. The molecule has 0 unspecified atom stereocenters. The summed E-state index contributed by atoms with van der Waals surface area (Å²) in [4.78, 5) is 21.7. The summed E-state index contributed by atoms with van der Waals surface area (Å²) in [6.07, 6.45) is -3.96. The van der Waals surface area contributed by atoms with Crippen LogP contribution < -0.4 is 5.56 Å². The van der Waals surface area contributed by atoms with Crippen LogP contribution in [0.15, 0.2) is 64.4 Å². The van der Waals surface area contributed by atoms with Crippen LogP contribution in [0.25, 0.3) is 15.3 Å². The SMILES string of the molecule is CCC(=NCCc1ccccc1)c1c(C(F)(F)F)[nH]n(-c2nc3ccccc3s2)c1=O. The number of alkyl halides is 3. The first-order valence-electron chi connectivity index (χ1n) is 9.74. The number of fused-ring (bicyclic) bond motifs is 1. The summed E-state index contributed by atoms with van der Waals surface area (Å²) in [6.45, 7) is 1.98. The molecule has 2 aromatic heterocycles. The molecule has 9 heteroatoms. The molecule has 0 radical (unpaired) electrons. The number of rotatable bonds is 6. The van der Waals surface area contributed by atoms with Crippen LogP contribution in [-0.2, 0) is 12.6 Å². The second kappa shape index (κ2) is 8.50. The molecule has 0 amide bonds. The molecule has 4 rings (SSSR count). The lowest BCUT2D eigenvalue weighted by Gasteiger charge is -2.08. The average molecular weight is 444 g/mol. The maximum absolute atomic E-state index is 13.8. The van der Waals surface area contributed by atoms with Crippen LogP contribution in [0.4, 0.5) is 13.2 Å². The number of thiazole rings is 1. The Balaban J connectivity index is 1.76. The number of aromatic nitrogens is 3. The van der Waals surface area contributed by atoms with Crippen molar-refractivity contribution in [3.63, 3.8) is 0 Å². The predicted octanol–water partition coefficient (Wildman–Crippen LogP) is 5.24. The zero-order valence-corrected chi connectivity index (χ0v) is 17.4. The Bertz CT molecular complexity index is 1250. The van der Waals surface area contributed by atoms with Gasteiger partial charge in [0, 0.05) is 12.3 Å². The lowest BCUT2D eigenvalue weighted by Crippen LogP contribution is -2.22. The molecule has 0 bridgehead atoms. The van der Waals surface area contributed by atoms with Crippen molar-refractivity contribution in [3.8, 4) is 5.13 Å². The van der Waals surface area contributed by atoms with Gasteiger partial charge in [-0.25, -0.2) is 4.98 Å². The fourth-order valence-corrected chi connectivity index (χ4v) is 4.26. The van der Waals surface area contributed by atoms with E-state index in [1.54, 1.807) is 25.1 Å². The average Bonchev–Trinajstić information content (AvgIpc) is 3.33. The van der Waals surface area contributed by atoms with Crippen molar-refractivity contribution >= 4 is 27.3 Å². The predicted molar refractivity (Wildman–Crippen MR) is 116 cm³/mol. The van der Waals surface area contributed by atoms with Crippen LogP contribution in [0.2, 0.25) is 0 Å². The highest BCUT2D eigenvalue weighted by atomic mass is 32.1. The van der Waals surface area contributed by atoms with Crippen molar-refractivity contribution in [3.05, 3.63) is 81.8 Å². The zero-order valence-electron chi connectivity index (χ0n) is 16.6. The Morgan fingerprint density at radius 1 is 1.13 bits per heavy atom. The number of para-hydroxylation sites is 1. The minimum absolute atomic E-state index is 0.129. The highest BCUT2D eigenvalue weighted by Gasteiger charge is 2.39. The van der Waals surface area contributed by atoms with Gasteiger partial charge in [-0.1, -0.05) is 60.7 Å². The number of aliphatic imine (C=N–C) groups is 1. The third-order valence-electron chi connectivity index (χ3n) is 4.82. The molecule has 0 atom stereocenters. The molecule has 0 aliphatic carbocycles. The summed E-state index contributed by atoms with van der Waals surface area (Å²) in [5, 5.41) is 2.39. The number of aromatic amines is 1. The molecule has 5 nitrogen and oxygen atoms in total. The van der Waals surface area contributed by atoms with E-state index in [0.29, 0.717) is 11.9 Å². The number of halogens is 3. The molecule has 2 aromatic carbocycles. The highest BCUT2D eigenvalue weighted by Crippen LogP contribution is 2.31. The maximum Gasteiger partial charge on any atom is 0.433 e. The van der Waals surface area contributed by atoms with Crippen molar-refractivity contribution in [1.29, 1.82) is 0 Å². The van der Waals surface area contributed by atoms with Crippen LogP contribution in [0.3, 0.4) is 0 Å². The fraction of sp³-hybridized carbons (Fsp3) is 0.227. The Kier molecular flexibility index (Phi) is 5.77. The summed E-state index contributed by atoms with van der Waals surface area (Å²) >= 11 is 1.15. The molecular formula is C22H19F3N4OS. The molecule has 1 N–H and O–H groups in total. The standard InChI is InChI=1S/C22H19F3N4OS/c1-2-15(26-13-12-14-8-4-3-5-9-14)18-19(22(23,24)25)28-29(20(18)30)21-27-16-10-6-7-11-17(16)31-21/h3-11,28H,2,12-13H2,1H3. The zero-order chi connectivity index (χ0) is 22.0. The van der Waals surface area contributed by atoms with Gasteiger partial charge >= 0.3 is 6.18 Å². The van der Waals surface area contributed by atoms with E-state index < -0.39 is 23.0 Å². The lowest BCUT2D eigenvalue weighted by molar-refractivity contribution is -0.141. The smallest absolute Gasteiger partial charge is 0.289 e. The molecule has 0 spiro atoms. The van der Waals surface area contributed by atoms with Gasteiger partial charge in [0.1, 0.15) is 0 Å². The molecular weight excluding hydrogens is 425 g/mol. The fourth-order valence-electron chi connectivity index (χ4n) is 3.33. The number of benzene rings is 2. The van der Waals surface area contributed by atoms with Crippen molar-refractivity contribution in [2.75, 3.05) is 6.54 Å². The first kappa shape index (κ1) is 21.0. The van der Waals surface area contributed by atoms with Gasteiger partial charge in [-0.3, -0.25) is 14.9 Å². The second-order valence-corrected chi connectivity index (χ2v) is 7.89. The van der Waals surface area contributed by atoms with Crippen molar-refractivity contribution in [2.45, 2.75) is 25.9 Å². The third kappa shape index (κ3) is 4.32. The summed E-state index contributed by atoms with van der Waals surface area (Å²) in [7, 11) is 0. The Morgan fingerprint density at radius 3 is 2.52 bits per heavy atom. The van der Waals surface area contributed by atoms with Gasteiger partial charge in [-0.15, -0.1) is 0 Å². The summed E-state index contributed by atoms with van der Waals surface area (Å²) in [6, 6.07) is 16.7. The maximum atomic E-state index is 13.8. The second-order valence-electron chi connectivity index (χ2n) is 6.88. The van der Waals surface area contributed by atoms with Crippen LogP contribution in [0.1, 0.15) is 30.2 Å². The number of H-pyrrole nitrogens is 1. The van der Waals surface area contributed by atoms with Gasteiger partial charge in [0.2, 0.25) is 5.13 Å². The quantitative estimate of drug-likeness (QED) is 0.414. The summed E-state index contributed by atoms with van der Waals surface area (Å²) in [5.41, 5.74) is -0.569. The van der Waals surface area contributed by atoms with Gasteiger partial charge in [0.05, 0.1) is 15.8 Å². The molecule has 0 saturated heterocycles. The normalized spacial score (nSPS) is 12.6. The van der Waals surface area contributed by atoms with Crippen LogP contribution >= 0.6 is 11.3 Å². The molecule has 4 aromatic rings. The molecule has 0 aliphatic rings. The molecule has 31 heavy (non-hydrogen) atoms. The third-order valence-corrected chi connectivity index (χ3v) is 5.84. The van der Waals surface area contributed by atoms with Crippen LogP contribution in [0.5, 0.6) is 0 Å². The summed E-state index contributed by atoms with van der Waals surface area (Å²) < 4.78 is 43.0. The van der Waals surface area contributed by atoms with E-state index in [-0.39, 0.29) is 23.8 Å². The van der Waals surface area contributed by atoms with Gasteiger partial charge in [-0.2, -0.15) is 17.9 Å². The van der Waals surface area contributed by atoms with E-state index in [0.717, 1.165) is 26.3 Å².